The largest absolute Gasteiger partial charge is 0.482 e. The molecule has 0 unspecified atom stereocenters. The van der Waals surface area contributed by atoms with Crippen molar-refractivity contribution in [3.63, 3.8) is 0 Å². The van der Waals surface area contributed by atoms with Crippen molar-refractivity contribution in [2.24, 2.45) is 0 Å². The van der Waals surface area contributed by atoms with Gasteiger partial charge in [0.15, 0.2) is 11.7 Å². The molecule has 2 heterocycles. The van der Waals surface area contributed by atoms with E-state index in [1.165, 1.54) is 11.3 Å². The van der Waals surface area contributed by atoms with Gasteiger partial charge in [-0.1, -0.05) is 40.2 Å². The maximum absolute atomic E-state index is 13.1. The van der Waals surface area contributed by atoms with E-state index in [9.17, 15) is 10.1 Å². The number of nitriles is 1. The smallest absolute Gasteiger partial charge is 0.266 e. The summed E-state index contributed by atoms with van der Waals surface area (Å²) in [6, 6.07) is 16.9. The van der Waals surface area contributed by atoms with Crippen LogP contribution in [0.2, 0.25) is 0 Å². The molecule has 1 aliphatic rings. The Morgan fingerprint density at radius 2 is 2.10 bits per heavy atom. The van der Waals surface area contributed by atoms with Crippen molar-refractivity contribution in [1.29, 1.82) is 5.26 Å². The molecule has 1 saturated heterocycles. The van der Waals surface area contributed by atoms with Crippen molar-refractivity contribution in [3.8, 4) is 23.1 Å². The molecule has 0 bridgehead atoms. The van der Waals surface area contributed by atoms with Crippen molar-refractivity contribution in [2.45, 2.75) is 18.9 Å². The number of ether oxygens (including phenoxy) is 2. The summed E-state index contributed by atoms with van der Waals surface area (Å²) in [5.41, 5.74) is 2.19. The molecule has 0 aliphatic carbocycles. The van der Waals surface area contributed by atoms with Gasteiger partial charge in [-0.3, -0.25) is 9.69 Å². The summed E-state index contributed by atoms with van der Waals surface area (Å²) in [5.74, 6) is 0.171. The fourth-order valence-corrected chi connectivity index (χ4v) is 4.45. The number of amides is 1. The van der Waals surface area contributed by atoms with Crippen LogP contribution in [0.5, 0.6) is 5.75 Å². The van der Waals surface area contributed by atoms with Crippen LogP contribution >= 0.6 is 27.3 Å². The summed E-state index contributed by atoms with van der Waals surface area (Å²) in [6.07, 6.45) is 1.88. The van der Waals surface area contributed by atoms with Gasteiger partial charge in [0.25, 0.3) is 5.91 Å². The van der Waals surface area contributed by atoms with Crippen molar-refractivity contribution in [2.75, 3.05) is 24.7 Å². The van der Waals surface area contributed by atoms with Crippen LogP contribution in [-0.4, -0.2) is 36.8 Å². The Morgan fingerprint density at radius 3 is 2.84 bits per heavy atom. The van der Waals surface area contributed by atoms with Gasteiger partial charge in [0.05, 0.1) is 23.9 Å². The van der Waals surface area contributed by atoms with E-state index in [1.807, 2.05) is 29.6 Å². The third-order valence-corrected chi connectivity index (χ3v) is 6.33. The Bertz CT molecular complexity index is 1090. The van der Waals surface area contributed by atoms with Gasteiger partial charge < -0.3 is 9.47 Å². The number of rotatable bonds is 7. The lowest BCUT2D eigenvalue weighted by molar-refractivity contribution is -0.120. The molecular weight excluding hydrogens is 478 g/mol. The first-order chi connectivity index (χ1) is 15.1. The molecule has 0 spiro atoms. The molecule has 6 nitrogen and oxygen atoms in total. The van der Waals surface area contributed by atoms with E-state index in [1.54, 1.807) is 29.2 Å². The molecule has 1 fully saturated rings. The lowest BCUT2D eigenvalue weighted by Gasteiger charge is -2.23. The van der Waals surface area contributed by atoms with Crippen LogP contribution in [0.4, 0.5) is 5.13 Å². The third-order valence-electron chi connectivity index (χ3n) is 4.93. The topological polar surface area (TPSA) is 75.5 Å². The highest BCUT2D eigenvalue weighted by Crippen LogP contribution is 2.30. The molecule has 2 aromatic carbocycles. The predicted octanol–water partition coefficient (Wildman–Crippen LogP) is 5.04. The molecule has 4 rings (SSSR count). The van der Waals surface area contributed by atoms with Crippen molar-refractivity contribution >= 4 is 38.3 Å². The van der Waals surface area contributed by atoms with Crippen molar-refractivity contribution in [3.05, 3.63) is 63.9 Å². The summed E-state index contributed by atoms with van der Waals surface area (Å²) in [5, 5.41) is 11.8. The van der Waals surface area contributed by atoms with E-state index in [2.05, 4.69) is 22.0 Å². The normalized spacial score (nSPS) is 15.4. The Hall–Kier alpha value is -2.73. The summed E-state index contributed by atoms with van der Waals surface area (Å²) in [4.78, 5) is 19.5. The Kier molecular flexibility index (Phi) is 6.97. The molecule has 0 saturated carbocycles. The van der Waals surface area contributed by atoms with E-state index >= 15 is 0 Å². The first-order valence-corrected chi connectivity index (χ1v) is 11.6. The van der Waals surface area contributed by atoms with E-state index in [4.69, 9.17) is 14.5 Å². The highest BCUT2D eigenvalue weighted by molar-refractivity contribution is 9.10. The molecule has 0 N–H and O–H groups in total. The van der Waals surface area contributed by atoms with E-state index in [0.29, 0.717) is 29.6 Å². The molecule has 1 amide bonds. The number of para-hydroxylation sites is 1. The molecular formula is C23H20BrN3O3S. The Balaban J connectivity index is 1.53. The molecule has 8 heteroatoms. The molecule has 0 radical (unpaired) electrons. The minimum atomic E-state index is -0.222. The molecule has 1 aromatic heterocycles. The summed E-state index contributed by atoms with van der Waals surface area (Å²) < 4.78 is 12.4. The molecule has 1 aliphatic heterocycles. The molecule has 1 atom stereocenters. The number of carbonyl (C=O) groups is 1. The number of hydrogen-bond acceptors (Lipinski definition) is 6. The minimum absolute atomic E-state index is 0.0182. The summed E-state index contributed by atoms with van der Waals surface area (Å²) >= 11 is 4.86. The number of nitrogens with zero attached hydrogens (tertiary/aromatic N) is 3. The number of carbonyl (C=O) groups excluding carboxylic acids is 1. The van der Waals surface area contributed by atoms with E-state index < -0.39 is 0 Å². The standard InChI is InChI=1S/C23H20BrN3O3S/c24-18-9-7-16(8-10-18)20-15-31-23(26-20)27(13-19-5-3-11-29-19)22(28)14-30-21-6-2-1-4-17(21)12-25/h1-2,4,6-10,15,19H,3,5,11,13-14H2/t19-/m1/s1. The van der Waals surface area contributed by atoms with Crippen LogP contribution in [0.15, 0.2) is 58.4 Å². The molecule has 3 aromatic rings. The fourth-order valence-electron chi connectivity index (χ4n) is 3.32. The molecule has 158 valence electrons. The lowest BCUT2D eigenvalue weighted by atomic mass is 10.2. The summed E-state index contributed by atoms with van der Waals surface area (Å²) in [6.45, 7) is 0.953. The predicted molar refractivity (Wildman–Crippen MR) is 123 cm³/mol. The zero-order chi connectivity index (χ0) is 21.6. The van der Waals surface area contributed by atoms with Gasteiger partial charge in [-0.25, -0.2) is 4.98 Å². The van der Waals surface area contributed by atoms with Gasteiger partial charge in [0, 0.05) is 22.0 Å². The molecule has 31 heavy (non-hydrogen) atoms. The van der Waals surface area contributed by atoms with E-state index in [-0.39, 0.29) is 18.6 Å². The second-order valence-electron chi connectivity index (χ2n) is 7.06. The van der Waals surface area contributed by atoms with Crippen LogP contribution in [0.1, 0.15) is 18.4 Å². The van der Waals surface area contributed by atoms with Crippen molar-refractivity contribution in [1.82, 2.24) is 4.98 Å². The van der Waals surface area contributed by atoms with Crippen LogP contribution in [0, 0.1) is 11.3 Å². The van der Waals surface area contributed by atoms with Crippen LogP contribution < -0.4 is 9.64 Å². The lowest BCUT2D eigenvalue weighted by Crippen LogP contribution is -2.40. The van der Waals surface area contributed by atoms with Crippen LogP contribution in [-0.2, 0) is 9.53 Å². The van der Waals surface area contributed by atoms with Gasteiger partial charge in [0.1, 0.15) is 11.8 Å². The number of halogens is 1. The first-order valence-electron chi connectivity index (χ1n) is 9.89. The maximum atomic E-state index is 13.1. The number of thiazole rings is 1. The highest BCUT2D eigenvalue weighted by atomic mass is 79.9. The number of aromatic nitrogens is 1. The minimum Gasteiger partial charge on any atom is -0.482 e. The number of anilines is 1. The fraction of sp³-hybridized carbons (Fsp3) is 0.261. The second-order valence-corrected chi connectivity index (χ2v) is 8.81. The monoisotopic (exact) mass is 497 g/mol. The van der Waals surface area contributed by atoms with Gasteiger partial charge in [-0.15, -0.1) is 11.3 Å². The van der Waals surface area contributed by atoms with Crippen LogP contribution in [0.25, 0.3) is 11.3 Å². The average Bonchev–Trinajstić information content (AvgIpc) is 3.49. The van der Waals surface area contributed by atoms with Crippen LogP contribution in [0.3, 0.4) is 0 Å². The van der Waals surface area contributed by atoms with Gasteiger partial charge >= 0.3 is 0 Å². The van der Waals surface area contributed by atoms with Gasteiger partial charge in [0.2, 0.25) is 0 Å². The maximum Gasteiger partial charge on any atom is 0.266 e. The number of hydrogen-bond donors (Lipinski definition) is 0. The second kappa shape index (κ2) is 10.1. The van der Waals surface area contributed by atoms with E-state index in [0.717, 1.165) is 28.6 Å². The third kappa shape index (κ3) is 5.31. The average molecular weight is 498 g/mol. The van der Waals surface area contributed by atoms with Crippen molar-refractivity contribution < 1.29 is 14.3 Å². The first kappa shape index (κ1) is 21.5. The Labute approximate surface area is 193 Å². The zero-order valence-electron chi connectivity index (χ0n) is 16.7. The quantitative estimate of drug-likeness (QED) is 0.457. The number of benzene rings is 2. The Morgan fingerprint density at radius 1 is 1.29 bits per heavy atom. The van der Waals surface area contributed by atoms with Gasteiger partial charge in [-0.05, 0) is 37.1 Å². The highest BCUT2D eigenvalue weighted by Gasteiger charge is 2.26. The SMILES string of the molecule is N#Cc1ccccc1OCC(=O)N(C[C@H]1CCCO1)c1nc(-c2ccc(Br)cc2)cs1. The van der Waals surface area contributed by atoms with Gasteiger partial charge in [-0.2, -0.15) is 5.26 Å². The summed E-state index contributed by atoms with van der Waals surface area (Å²) in [7, 11) is 0. The zero-order valence-corrected chi connectivity index (χ0v) is 19.1.